The fourth-order valence-corrected chi connectivity index (χ4v) is 3.13. The minimum absolute atomic E-state index is 0.199. The Labute approximate surface area is 172 Å². The molecule has 0 radical (unpaired) electrons. The fraction of sp³-hybridized carbons (Fsp3) is 0.0909. The number of nitrogens with one attached hydrogen (secondary N) is 2. The number of hydrogen-bond donors (Lipinski definition) is 2. The highest BCUT2D eigenvalue weighted by Gasteiger charge is 2.16. The molecule has 1 aliphatic rings. The second-order valence-corrected chi connectivity index (χ2v) is 6.82. The maximum absolute atomic E-state index is 12.7. The molecule has 0 bridgehead atoms. The average molecular weight is 409 g/mol. The molecule has 0 aliphatic carbocycles. The number of carbonyl (C=O) groups excluding carboxylic acids is 2. The van der Waals surface area contributed by atoms with Gasteiger partial charge in [0.15, 0.2) is 11.5 Å². The molecule has 29 heavy (non-hydrogen) atoms. The highest BCUT2D eigenvalue weighted by Crippen LogP contribution is 2.32. The molecule has 146 valence electrons. The molecule has 2 amide bonds. The van der Waals surface area contributed by atoms with Crippen LogP contribution in [-0.2, 0) is 6.54 Å². The van der Waals surface area contributed by atoms with Crippen molar-refractivity contribution in [2.24, 2.45) is 0 Å². The Balaban J connectivity index is 1.46. The number of benzene rings is 3. The SMILES string of the molecule is O=C(Nc1ccccc1C(=O)NCc1ccc2c(c1)OCO2)c1cccc(Cl)c1. The van der Waals surface area contributed by atoms with Gasteiger partial charge in [-0.05, 0) is 48.0 Å². The molecule has 0 unspecified atom stereocenters. The molecule has 0 aromatic heterocycles. The lowest BCUT2D eigenvalue weighted by molar-refractivity contribution is 0.0951. The summed E-state index contributed by atoms with van der Waals surface area (Å²) >= 11 is 5.95. The summed E-state index contributed by atoms with van der Waals surface area (Å²) in [6.45, 7) is 0.511. The molecule has 0 saturated carbocycles. The van der Waals surface area contributed by atoms with Crippen LogP contribution in [0.5, 0.6) is 11.5 Å². The van der Waals surface area contributed by atoms with Gasteiger partial charge >= 0.3 is 0 Å². The Morgan fingerprint density at radius 3 is 2.59 bits per heavy atom. The van der Waals surface area contributed by atoms with Crippen molar-refractivity contribution in [1.29, 1.82) is 0 Å². The molecular formula is C22H17ClN2O4. The predicted octanol–water partition coefficient (Wildman–Crippen LogP) is 4.25. The number of hydrogen-bond acceptors (Lipinski definition) is 4. The summed E-state index contributed by atoms with van der Waals surface area (Å²) in [6.07, 6.45) is 0. The number of anilines is 1. The molecule has 0 atom stereocenters. The molecule has 6 nitrogen and oxygen atoms in total. The Morgan fingerprint density at radius 1 is 0.897 bits per heavy atom. The second kappa shape index (κ2) is 8.24. The first-order valence-corrected chi connectivity index (χ1v) is 9.30. The maximum atomic E-state index is 12.7. The molecule has 4 rings (SSSR count). The molecule has 3 aromatic rings. The van der Waals surface area contributed by atoms with Gasteiger partial charge in [0.2, 0.25) is 6.79 Å². The van der Waals surface area contributed by atoms with E-state index in [-0.39, 0.29) is 18.6 Å². The minimum Gasteiger partial charge on any atom is -0.454 e. The normalized spacial score (nSPS) is 11.8. The van der Waals surface area contributed by atoms with Gasteiger partial charge in [0.1, 0.15) is 0 Å². The zero-order chi connectivity index (χ0) is 20.2. The maximum Gasteiger partial charge on any atom is 0.255 e. The predicted molar refractivity (Wildman–Crippen MR) is 110 cm³/mol. The largest absolute Gasteiger partial charge is 0.454 e. The van der Waals surface area contributed by atoms with Crippen molar-refractivity contribution < 1.29 is 19.1 Å². The number of rotatable bonds is 5. The van der Waals surface area contributed by atoms with Crippen molar-refractivity contribution in [3.8, 4) is 11.5 Å². The van der Waals surface area contributed by atoms with Crippen LogP contribution in [0.1, 0.15) is 26.3 Å². The highest BCUT2D eigenvalue weighted by molar-refractivity contribution is 6.31. The van der Waals surface area contributed by atoms with Gasteiger partial charge < -0.3 is 20.1 Å². The van der Waals surface area contributed by atoms with E-state index in [4.69, 9.17) is 21.1 Å². The smallest absolute Gasteiger partial charge is 0.255 e. The van der Waals surface area contributed by atoms with E-state index in [0.717, 1.165) is 5.56 Å². The lowest BCUT2D eigenvalue weighted by atomic mass is 10.1. The van der Waals surface area contributed by atoms with Gasteiger partial charge in [-0.3, -0.25) is 9.59 Å². The van der Waals surface area contributed by atoms with Crippen molar-refractivity contribution in [2.75, 3.05) is 12.1 Å². The molecule has 1 heterocycles. The zero-order valence-corrected chi connectivity index (χ0v) is 16.0. The molecule has 0 saturated heterocycles. The molecule has 1 aliphatic heterocycles. The standard InChI is InChI=1S/C22H17ClN2O4/c23-16-5-3-4-15(11-16)21(26)25-18-7-2-1-6-17(18)22(27)24-12-14-8-9-19-20(10-14)29-13-28-19/h1-11H,12-13H2,(H,24,27)(H,25,26). The van der Waals surface area contributed by atoms with Crippen LogP contribution in [0.15, 0.2) is 66.7 Å². The molecule has 2 N–H and O–H groups in total. The summed E-state index contributed by atoms with van der Waals surface area (Å²) in [6, 6.07) is 18.9. The lowest BCUT2D eigenvalue weighted by Crippen LogP contribution is -2.24. The second-order valence-electron chi connectivity index (χ2n) is 6.38. The van der Waals surface area contributed by atoms with Crippen LogP contribution in [0.3, 0.4) is 0 Å². The molecule has 7 heteroatoms. The van der Waals surface area contributed by atoms with Crippen LogP contribution in [-0.4, -0.2) is 18.6 Å². The highest BCUT2D eigenvalue weighted by atomic mass is 35.5. The number of amides is 2. The number of para-hydroxylation sites is 1. The number of halogens is 1. The van der Waals surface area contributed by atoms with Gasteiger partial charge in [-0.2, -0.15) is 0 Å². The quantitative estimate of drug-likeness (QED) is 0.661. The van der Waals surface area contributed by atoms with Crippen LogP contribution < -0.4 is 20.1 Å². The van der Waals surface area contributed by atoms with Gasteiger partial charge in [0.25, 0.3) is 11.8 Å². The van der Waals surface area contributed by atoms with E-state index >= 15 is 0 Å². The first-order chi connectivity index (χ1) is 14.1. The van der Waals surface area contributed by atoms with Gasteiger partial charge in [-0.15, -0.1) is 0 Å². The third-order valence-electron chi connectivity index (χ3n) is 4.40. The molecule has 0 spiro atoms. The minimum atomic E-state index is -0.344. The Kier molecular flexibility index (Phi) is 5.35. The van der Waals surface area contributed by atoms with E-state index in [1.165, 1.54) is 0 Å². The van der Waals surface area contributed by atoms with Crippen molar-refractivity contribution in [1.82, 2.24) is 5.32 Å². The summed E-state index contributed by atoms with van der Waals surface area (Å²) in [5.41, 5.74) is 2.07. The van der Waals surface area contributed by atoms with Crippen molar-refractivity contribution >= 4 is 29.1 Å². The summed E-state index contributed by atoms with van der Waals surface area (Å²) in [5, 5.41) is 6.10. The zero-order valence-electron chi connectivity index (χ0n) is 15.3. The monoisotopic (exact) mass is 408 g/mol. The third kappa shape index (κ3) is 4.33. The fourth-order valence-electron chi connectivity index (χ4n) is 2.94. The molecule has 0 fully saturated rings. The van der Waals surface area contributed by atoms with Gasteiger partial charge in [0, 0.05) is 17.1 Å². The van der Waals surface area contributed by atoms with E-state index in [1.807, 2.05) is 18.2 Å². The summed E-state index contributed by atoms with van der Waals surface area (Å²) < 4.78 is 10.6. The Bertz CT molecular complexity index is 1080. The number of fused-ring (bicyclic) bond motifs is 1. The van der Waals surface area contributed by atoms with Crippen molar-refractivity contribution in [3.63, 3.8) is 0 Å². The average Bonchev–Trinajstić information content (AvgIpc) is 3.20. The first kappa shape index (κ1) is 18.8. The van der Waals surface area contributed by atoms with Crippen LogP contribution in [0.25, 0.3) is 0 Å². The Morgan fingerprint density at radius 2 is 1.72 bits per heavy atom. The lowest BCUT2D eigenvalue weighted by Gasteiger charge is -2.12. The third-order valence-corrected chi connectivity index (χ3v) is 4.63. The first-order valence-electron chi connectivity index (χ1n) is 8.93. The van der Waals surface area contributed by atoms with E-state index in [0.29, 0.717) is 39.9 Å². The van der Waals surface area contributed by atoms with Crippen LogP contribution in [0.4, 0.5) is 5.69 Å². The summed E-state index contributed by atoms with van der Waals surface area (Å²) in [4.78, 5) is 25.2. The topological polar surface area (TPSA) is 76.7 Å². The Hall–Kier alpha value is -3.51. The van der Waals surface area contributed by atoms with E-state index < -0.39 is 0 Å². The van der Waals surface area contributed by atoms with E-state index in [1.54, 1.807) is 48.5 Å². The summed E-state index contributed by atoms with van der Waals surface area (Å²) in [5.74, 6) is 0.702. The van der Waals surface area contributed by atoms with Crippen LogP contribution in [0.2, 0.25) is 5.02 Å². The number of ether oxygens (including phenoxy) is 2. The van der Waals surface area contributed by atoms with Crippen molar-refractivity contribution in [2.45, 2.75) is 6.54 Å². The van der Waals surface area contributed by atoms with Crippen molar-refractivity contribution in [3.05, 3.63) is 88.4 Å². The number of carbonyl (C=O) groups is 2. The summed E-state index contributed by atoms with van der Waals surface area (Å²) in [7, 11) is 0. The van der Waals surface area contributed by atoms with Gasteiger partial charge in [-0.1, -0.05) is 35.9 Å². The van der Waals surface area contributed by atoms with E-state index in [9.17, 15) is 9.59 Å². The van der Waals surface area contributed by atoms with Gasteiger partial charge in [0.05, 0.1) is 11.3 Å². The van der Waals surface area contributed by atoms with E-state index in [2.05, 4.69) is 10.6 Å². The van der Waals surface area contributed by atoms with Crippen LogP contribution >= 0.6 is 11.6 Å². The molecule has 3 aromatic carbocycles. The molecular weight excluding hydrogens is 392 g/mol. The van der Waals surface area contributed by atoms with Crippen LogP contribution in [0, 0.1) is 0 Å². The van der Waals surface area contributed by atoms with Gasteiger partial charge in [-0.25, -0.2) is 0 Å².